The van der Waals surface area contributed by atoms with Crippen molar-refractivity contribution in [1.29, 1.82) is 0 Å². The number of benzene rings is 1. The molecule has 0 bridgehead atoms. The van der Waals surface area contributed by atoms with Gasteiger partial charge in [-0.25, -0.2) is 4.98 Å². The van der Waals surface area contributed by atoms with Crippen LogP contribution in [-0.4, -0.2) is 32.7 Å². The Morgan fingerprint density at radius 1 is 1.13 bits per heavy atom. The molecule has 2 aliphatic heterocycles. The minimum Gasteiger partial charge on any atom is -0.377 e. The maximum Gasteiger partial charge on any atom is 0.261 e. The third kappa shape index (κ3) is 3.44. The van der Waals surface area contributed by atoms with E-state index in [0.29, 0.717) is 5.92 Å². The lowest BCUT2D eigenvalue weighted by Crippen LogP contribution is -2.31. The highest BCUT2D eigenvalue weighted by Crippen LogP contribution is 2.33. The van der Waals surface area contributed by atoms with Crippen LogP contribution in [0.25, 0.3) is 17.0 Å². The fourth-order valence-electron chi connectivity index (χ4n) is 4.76. The van der Waals surface area contributed by atoms with Gasteiger partial charge < -0.3 is 9.42 Å². The van der Waals surface area contributed by atoms with E-state index in [1.165, 1.54) is 5.56 Å². The lowest BCUT2D eigenvalue weighted by atomic mass is 9.91. The Labute approximate surface area is 176 Å². The van der Waals surface area contributed by atoms with Crippen molar-refractivity contribution in [3.63, 3.8) is 0 Å². The van der Waals surface area contributed by atoms with Crippen molar-refractivity contribution in [3.05, 3.63) is 63.1 Å². The predicted molar refractivity (Wildman–Crippen MR) is 118 cm³/mol. The molecule has 0 radical (unpaired) electrons. The Morgan fingerprint density at radius 2 is 1.97 bits per heavy atom. The molecule has 6 heteroatoms. The van der Waals surface area contributed by atoms with Crippen LogP contribution in [0.15, 0.2) is 33.7 Å². The van der Waals surface area contributed by atoms with Gasteiger partial charge in [-0.2, -0.15) is 0 Å². The van der Waals surface area contributed by atoms with E-state index in [9.17, 15) is 4.79 Å². The molecule has 1 aromatic carbocycles. The van der Waals surface area contributed by atoms with Gasteiger partial charge in [-0.1, -0.05) is 11.2 Å². The van der Waals surface area contributed by atoms with E-state index in [0.717, 1.165) is 85.5 Å². The molecular formula is C24H28N4O2. The van der Waals surface area contributed by atoms with E-state index in [2.05, 4.69) is 41.4 Å². The number of piperidine rings is 1. The Morgan fingerprint density at radius 3 is 2.80 bits per heavy atom. The van der Waals surface area contributed by atoms with Gasteiger partial charge in [-0.15, -0.1) is 0 Å². The second-order valence-electron chi connectivity index (χ2n) is 8.63. The first-order valence-corrected chi connectivity index (χ1v) is 11.0. The third-order valence-corrected chi connectivity index (χ3v) is 6.53. The first-order chi connectivity index (χ1) is 14.6. The molecule has 0 spiro atoms. The summed E-state index contributed by atoms with van der Waals surface area (Å²) in [5.41, 5.74) is 4.81. The summed E-state index contributed by atoms with van der Waals surface area (Å²) in [6.07, 6.45) is 9.17. The number of aromatic nitrogens is 3. The molecule has 0 N–H and O–H groups in total. The summed E-state index contributed by atoms with van der Waals surface area (Å²) in [4.78, 5) is 19.9. The predicted octanol–water partition coefficient (Wildman–Crippen LogP) is 4.19. The molecule has 0 saturated carbocycles. The van der Waals surface area contributed by atoms with Gasteiger partial charge in [-0.05, 0) is 69.5 Å². The Kier molecular flexibility index (Phi) is 4.93. The van der Waals surface area contributed by atoms with Crippen molar-refractivity contribution < 1.29 is 4.52 Å². The minimum absolute atomic E-state index is 0.104. The smallest absolute Gasteiger partial charge is 0.261 e. The van der Waals surface area contributed by atoms with Crippen LogP contribution in [-0.2, 0) is 13.0 Å². The largest absolute Gasteiger partial charge is 0.377 e. The number of aryl methyl sites for hydroxylation is 3. The molecule has 0 atom stereocenters. The fourth-order valence-corrected chi connectivity index (χ4v) is 4.76. The van der Waals surface area contributed by atoms with Crippen LogP contribution in [0.5, 0.6) is 0 Å². The standard InChI is InChI=1S/C24H28N4O2/c1-16-6-7-20-21(15-16)30-26-23(20)18-8-12-27(13-9-18)14-10-19-17(2)25-22-5-3-4-11-28(22)24(19)29/h6-7,10,14-15,18H,3-5,8-9,11-13H2,1-2H3. The molecule has 5 rings (SSSR count). The van der Waals surface area contributed by atoms with Gasteiger partial charge in [0.25, 0.3) is 5.56 Å². The lowest BCUT2D eigenvalue weighted by molar-refractivity contribution is 0.279. The summed E-state index contributed by atoms with van der Waals surface area (Å²) in [7, 11) is 0. The molecular weight excluding hydrogens is 376 g/mol. The molecule has 1 fully saturated rings. The van der Waals surface area contributed by atoms with Crippen molar-refractivity contribution >= 4 is 17.0 Å². The first-order valence-electron chi connectivity index (χ1n) is 11.0. The maximum atomic E-state index is 12.9. The van der Waals surface area contributed by atoms with E-state index < -0.39 is 0 Å². The fraction of sp³-hybridized carbons (Fsp3) is 0.458. The molecule has 4 heterocycles. The SMILES string of the molecule is Cc1ccc2c(C3CCN(C=Cc4c(C)nc5n(c4=O)CCCC5)CC3)noc2c1. The summed E-state index contributed by atoms with van der Waals surface area (Å²) in [5.74, 6) is 1.35. The summed E-state index contributed by atoms with van der Waals surface area (Å²) in [6.45, 7) is 6.69. The zero-order valence-electron chi connectivity index (χ0n) is 17.7. The topological polar surface area (TPSA) is 64.2 Å². The first kappa shape index (κ1) is 19.1. The van der Waals surface area contributed by atoms with Crippen LogP contribution >= 0.6 is 0 Å². The van der Waals surface area contributed by atoms with Crippen molar-refractivity contribution in [2.75, 3.05) is 13.1 Å². The molecule has 156 valence electrons. The van der Waals surface area contributed by atoms with E-state index in [1.807, 2.05) is 17.6 Å². The highest BCUT2D eigenvalue weighted by Gasteiger charge is 2.24. The van der Waals surface area contributed by atoms with Crippen LogP contribution in [0.3, 0.4) is 0 Å². The van der Waals surface area contributed by atoms with Crippen LogP contribution in [0.1, 0.15) is 59.9 Å². The number of likely N-dealkylation sites (tertiary alicyclic amines) is 1. The zero-order valence-corrected chi connectivity index (χ0v) is 17.7. The molecule has 6 nitrogen and oxygen atoms in total. The molecule has 0 unspecified atom stereocenters. The number of fused-ring (bicyclic) bond motifs is 2. The van der Waals surface area contributed by atoms with Gasteiger partial charge in [0, 0.05) is 37.4 Å². The van der Waals surface area contributed by atoms with Crippen LogP contribution < -0.4 is 5.56 Å². The van der Waals surface area contributed by atoms with Gasteiger partial charge in [0.2, 0.25) is 0 Å². The van der Waals surface area contributed by atoms with E-state index in [-0.39, 0.29) is 5.56 Å². The van der Waals surface area contributed by atoms with Crippen LogP contribution in [0.2, 0.25) is 0 Å². The van der Waals surface area contributed by atoms with E-state index >= 15 is 0 Å². The van der Waals surface area contributed by atoms with Crippen molar-refractivity contribution in [2.24, 2.45) is 0 Å². The highest BCUT2D eigenvalue weighted by atomic mass is 16.5. The van der Waals surface area contributed by atoms with E-state index in [4.69, 9.17) is 9.51 Å². The second kappa shape index (κ2) is 7.74. The summed E-state index contributed by atoms with van der Waals surface area (Å²) in [5, 5.41) is 5.52. The van der Waals surface area contributed by atoms with E-state index in [1.54, 1.807) is 0 Å². The maximum absolute atomic E-state index is 12.9. The molecule has 30 heavy (non-hydrogen) atoms. The van der Waals surface area contributed by atoms with Crippen molar-refractivity contribution in [1.82, 2.24) is 19.6 Å². The van der Waals surface area contributed by atoms with Crippen LogP contribution in [0, 0.1) is 13.8 Å². The lowest BCUT2D eigenvalue weighted by Gasteiger charge is -2.30. The van der Waals surface area contributed by atoms with Gasteiger partial charge in [0.15, 0.2) is 5.58 Å². The highest BCUT2D eigenvalue weighted by molar-refractivity contribution is 5.80. The van der Waals surface area contributed by atoms with Crippen molar-refractivity contribution in [3.8, 4) is 0 Å². The Hall–Kier alpha value is -2.89. The van der Waals surface area contributed by atoms with Gasteiger partial charge >= 0.3 is 0 Å². The number of rotatable bonds is 3. The molecule has 2 aliphatic rings. The quantitative estimate of drug-likeness (QED) is 0.655. The summed E-state index contributed by atoms with van der Waals surface area (Å²) >= 11 is 0. The number of hydrogen-bond acceptors (Lipinski definition) is 5. The summed E-state index contributed by atoms with van der Waals surface area (Å²) < 4.78 is 7.43. The van der Waals surface area contributed by atoms with Crippen molar-refractivity contribution in [2.45, 2.75) is 58.4 Å². The third-order valence-electron chi connectivity index (χ3n) is 6.53. The molecule has 0 aliphatic carbocycles. The van der Waals surface area contributed by atoms with Gasteiger partial charge in [0.1, 0.15) is 5.82 Å². The Bertz CT molecular complexity index is 1170. The molecule has 3 aromatic rings. The average molecular weight is 405 g/mol. The van der Waals surface area contributed by atoms with Crippen LogP contribution in [0.4, 0.5) is 0 Å². The molecule has 2 aromatic heterocycles. The minimum atomic E-state index is 0.104. The molecule has 1 saturated heterocycles. The number of nitrogens with zero attached hydrogens (tertiary/aromatic N) is 4. The zero-order chi connectivity index (χ0) is 20.7. The van der Waals surface area contributed by atoms with Gasteiger partial charge in [-0.3, -0.25) is 9.36 Å². The molecule has 0 amide bonds. The summed E-state index contributed by atoms with van der Waals surface area (Å²) in [6, 6.07) is 6.30. The van der Waals surface area contributed by atoms with Gasteiger partial charge in [0.05, 0.1) is 17.0 Å². The number of hydrogen-bond donors (Lipinski definition) is 0. The second-order valence-corrected chi connectivity index (χ2v) is 8.63. The normalized spacial score (nSPS) is 17.7. The monoisotopic (exact) mass is 404 g/mol. The Balaban J connectivity index is 1.29. The average Bonchev–Trinajstić information content (AvgIpc) is 3.17.